The van der Waals surface area contributed by atoms with Crippen LogP contribution in [0.4, 0.5) is 0 Å². The van der Waals surface area contributed by atoms with Crippen LogP contribution < -0.4 is 19.5 Å². The van der Waals surface area contributed by atoms with Gasteiger partial charge in [0.2, 0.25) is 6.79 Å². The van der Waals surface area contributed by atoms with Gasteiger partial charge in [-0.1, -0.05) is 54.1 Å². The number of ether oxygens (including phenoxy) is 3. The maximum atomic E-state index is 6.37. The minimum absolute atomic E-state index is 0. The summed E-state index contributed by atoms with van der Waals surface area (Å²) in [4.78, 5) is 0. The quantitative estimate of drug-likeness (QED) is 0.561. The van der Waals surface area contributed by atoms with Gasteiger partial charge in [0.1, 0.15) is 12.4 Å². The van der Waals surface area contributed by atoms with Crippen molar-refractivity contribution >= 4 is 24.0 Å². The fourth-order valence-corrected chi connectivity index (χ4v) is 3.17. The zero-order chi connectivity index (χ0) is 18.5. The lowest BCUT2D eigenvalue weighted by atomic mass is 10.2. The summed E-state index contributed by atoms with van der Waals surface area (Å²) in [6, 6.07) is 21.9. The van der Waals surface area contributed by atoms with Gasteiger partial charge in [0.15, 0.2) is 11.5 Å². The first-order chi connectivity index (χ1) is 13.3. The first-order valence-electron chi connectivity index (χ1n) is 8.82. The molecular weight excluding hydrogens is 397 g/mol. The Bertz CT molecular complexity index is 919. The number of halogens is 2. The van der Waals surface area contributed by atoms with Gasteiger partial charge < -0.3 is 19.5 Å². The molecule has 0 saturated heterocycles. The Morgan fingerprint density at radius 2 is 1.54 bits per heavy atom. The number of hydrogen-bond donors (Lipinski definition) is 1. The molecule has 0 atom stereocenters. The fraction of sp³-hybridized carbons (Fsp3) is 0.182. The summed E-state index contributed by atoms with van der Waals surface area (Å²) in [6.07, 6.45) is 0. The molecule has 146 valence electrons. The molecule has 28 heavy (non-hydrogen) atoms. The number of nitrogens with one attached hydrogen (secondary N) is 1. The first kappa shape index (κ1) is 20.3. The normalized spacial score (nSPS) is 11.8. The van der Waals surface area contributed by atoms with E-state index in [1.165, 1.54) is 0 Å². The SMILES string of the molecule is Cl.Clc1cc(CNCc2ccc3c(c2)OCO3)ccc1OCc1ccccc1. The van der Waals surface area contributed by atoms with Crippen LogP contribution in [0, 0.1) is 0 Å². The van der Waals surface area contributed by atoms with Gasteiger partial charge in [0, 0.05) is 13.1 Å². The lowest BCUT2D eigenvalue weighted by Gasteiger charge is -2.11. The van der Waals surface area contributed by atoms with E-state index >= 15 is 0 Å². The molecule has 0 unspecified atom stereocenters. The highest BCUT2D eigenvalue weighted by Gasteiger charge is 2.12. The van der Waals surface area contributed by atoms with Crippen molar-refractivity contribution in [3.8, 4) is 17.2 Å². The third kappa shape index (κ3) is 5.10. The van der Waals surface area contributed by atoms with Crippen LogP contribution in [0.5, 0.6) is 17.2 Å². The number of rotatable bonds is 7. The molecule has 0 amide bonds. The Balaban J connectivity index is 0.00000225. The number of fused-ring (bicyclic) bond motifs is 1. The van der Waals surface area contributed by atoms with Crippen LogP contribution in [0.25, 0.3) is 0 Å². The second kappa shape index (κ2) is 9.69. The van der Waals surface area contributed by atoms with Crippen molar-refractivity contribution in [2.45, 2.75) is 19.7 Å². The van der Waals surface area contributed by atoms with Crippen molar-refractivity contribution in [3.63, 3.8) is 0 Å². The lowest BCUT2D eigenvalue weighted by Crippen LogP contribution is -2.12. The van der Waals surface area contributed by atoms with E-state index in [-0.39, 0.29) is 12.4 Å². The maximum absolute atomic E-state index is 6.37. The van der Waals surface area contributed by atoms with Gasteiger partial charge in [-0.15, -0.1) is 12.4 Å². The minimum atomic E-state index is 0. The smallest absolute Gasteiger partial charge is 0.231 e. The summed E-state index contributed by atoms with van der Waals surface area (Å²) < 4.78 is 16.6. The fourth-order valence-electron chi connectivity index (χ4n) is 2.91. The monoisotopic (exact) mass is 417 g/mol. The number of hydrogen-bond acceptors (Lipinski definition) is 4. The summed E-state index contributed by atoms with van der Waals surface area (Å²) in [6.45, 7) is 2.25. The van der Waals surface area contributed by atoms with Crippen molar-refractivity contribution < 1.29 is 14.2 Å². The zero-order valence-electron chi connectivity index (χ0n) is 15.2. The molecular formula is C22H21Cl2NO3. The summed E-state index contributed by atoms with van der Waals surface area (Å²) in [5.41, 5.74) is 3.36. The Labute approximate surface area is 175 Å². The Hall–Kier alpha value is -2.40. The maximum Gasteiger partial charge on any atom is 0.231 e. The molecule has 3 aromatic carbocycles. The highest BCUT2D eigenvalue weighted by molar-refractivity contribution is 6.32. The van der Waals surface area contributed by atoms with Crippen molar-refractivity contribution in [3.05, 3.63) is 88.4 Å². The van der Waals surface area contributed by atoms with Crippen LogP contribution in [-0.2, 0) is 19.7 Å². The molecule has 0 radical (unpaired) electrons. The molecule has 0 aromatic heterocycles. The average molecular weight is 418 g/mol. The van der Waals surface area contributed by atoms with E-state index in [0.717, 1.165) is 34.7 Å². The molecule has 3 aromatic rings. The molecule has 1 heterocycles. The van der Waals surface area contributed by atoms with Crippen molar-refractivity contribution in [2.75, 3.05) is 6.79 Å². The Morgan fingerprint density at radius 1 is 0.821 bits per heavy atom. The van der Waals surface area contributed by atoms with Crippen LogP contribution in [0.2, 0.25) is 5.02 Å². The van der Waals surface area contributed by atoms with E-state index < -0.39 is 0 Å². The third-order valence-electron chi connectivity index (χ3n) is 4.33. The predicted octanol–water partition coefficient (Wildman–Crippen LogP) is 5.36. The van der Waals surface area contributed by atoms with Crippen LogP contribution in [0.3, 0.4) is 0 Å². The molecule has 4 rings (SSSR count). The first-order valence-corrected chi connectivity index (χ1v) is 9.20. The second-order valence-electron chi connectivity index (χ2n) is 6.33. The summed E-state index contributed by atoms with van der Waals surface area (Å²) in [7, 11) is 0. The van der Waals surface area contributed by atoms with Crippen molar-refractivity contribution in [1.29, 1.82) is 0 Å². The molecule has 0 saturated carbocycles. The van der Waals surface area contributed by atoms with Gasteiger partial charge in [0.25, 0.3) is 0 Å². The lowest BCUT2D eigenvalue weighted by molar-refractivity contribution is 0.174. The number of benzene rings is 3. The van der Waals surface area contributed by atoms with Crippen LogP contribution in [0.1, 0.15) is 16.7 Å². The van der Waals surface area contributed by atoms with E-state index in [0.29, 0.717) is 30.7 Å². The molecule has 0 spiro atoms. The standard InChI is InChI=1S/C22H20ClNO3.ClH/c23-19-10-17(6-8-20(19)25-14-16-4-2-1-3-5-16)12-24-13-18-7-9-21-22(11-18)27-15-26-21;/h1-11,24H,12-15H2;1H. The van der Waals surface area contributed by atoms with Gasteiger partial charge in [-0.25, -0.2) is 0 Å². The van der Waals surface area contributed by atoms with Gasteiger partial charge >= 0.3 is 0 Å². The molecule has 1 aliphatic heterocycles. The summed E-state index contributed by atoms with van der Waals surface area (Å²) >= 11 is 6.37. The van der Waals surface area contributed by atoms with Crippen molar-refractivity contribution in [2.24, 2.45) is 0 Å². The molecule has 0 fully saturated rings. The van der Waals surface area contributed by atoms with E-state index in [2.05, 4.69) is 5.32 Å². The van der Waals surface area contributed by atoms with Crippen LogP contribution >= 0.6 is 24.0 Å². The highest BCUT2D eigenvalue weighted by atomic mass is 35.5. The topological polar surface area (TPSA) is 39.7 Å². The molecule has 0 bridgehead atoms. The molecule has 0 aliphatic carbocycles. The molecule has 4 nitrogen and oxygen atoms in total. The van der Waals surface area contributed by atoms with E-state index in [4.69, 9.17) is 25.8 Å². The second-order valence-corrected chi connectivity index (χ2v) is 6.74. The van der Waals surface area contributed by atoms with Gasteiger partial charge in [-0.05, 0) is 41.0 Å². The molecule has 6 heteroatoms. The third-order valence-corrected chi connectivity index (χ3v) is 4.62. The zero-order valence-corrected chi connectivity index (χ0v) is 16.8. The minimum Gasteiger partial charge on any atom is -0.487 e. The van der Waals surface area contributed by atoms with E-state index in [1.54, 1.807) is 0 Å². The van der Waals surface area contributed by atoms with E-state index in [1.807, 2.05) is 66.7 Å². The summed E-state index contributed by atoms with van der Waals surface area (Å²) in [5.74, 6) is 2.30. The Kier molecular flexibility index (Phi) is 7.04. The van der Waals surface area contributed by atoms with Crippen LogP contribution in [0.15, 0.2) is 66.7 Å². The largest absolute Gasteiger partial charge is 0.487 e. The Morgan fingerprint density at radius 3 is 2.32 bits per heavy atom. The van der Waals surface area contributed by atoms with Crippen LogP contribution in [-0.4, -0.2) is 6.79 Å². The average Bonchev–Trinajstić information content (AvgIpc) is 3.16. The van der Waals surface area contributed by atoms with Gasteiger partial charge in [-0.2, -0.15) is 0 Å². The van der Waals surface area contributed by atoms with Crippen molar-refractivity contribution in [1.82, 2.24) is 5.32 Å². The summed E-state index contributed by atoms with van der Waals surface area (Å²) in [5, 5.41) is 4.04. The van der Waals surface area contributed by atoms with Gasteiger partial charge in [-0.3, -0.25) is 0 Å². The predicted molar refractivity (Wildman–Crippen MR) is 113 cm³/mol. The van der Waals surface area contributed by atoms with E-state index in [9.17, 15) is 0 Å². The highest BCUT2D eigenvalue weighted by Crippen LogP contribution is 2.32. The molecule has 1 aliphatic rings. The van der Waals surface area contributed by atoms with Gasteiger partial charge in [0.05, 0.1) is 5.02 Å². The molecule has 1 N–H and O–H groups in total.